The lowest BCUT2D eigenvalue weighted by Gasteiger charge is -2.15. The lowest BCUT2D eigenvalue weighted by Crippen LogP contribution is -2.20. The molecule has 3 rings (SSSR count). The minimum absolute atomic E-state index is 0.269. The second-order valence-electron chi connectivity index (χ2n) is 4.19. The van der Waals surface area contributed by atoms with Gasteiger partial charge in [-0.1, -0.05) is 35.6 Å². The number of thiazole rings is 1. The maximum atomic E-state index is 11.8. The molecule has 8 heteroatoms. The number of nitrogens with one attached hydrogen (secondary N) is 1. The maximum absolute atomic E-state index is 11.8. The summed E-state index contributed by atoms with van der Waals surface area (Å²) < 4.78 is 0. The van der Waals surface area contributed by atoms with Crippen LogP contribution >= 0.6 is 11.3 Å². The number of hydrogen-bond donors (Lipinski definition) is 1. The first-order valence-corrected chi connectivity index (χ1v) is 6.71. The van der Waals surface area contributed by atoms with Crippen LogP contribution in [-0.2, 0) is 4.79 Å². The van der Waals surface area contributed by atoms with Crippen LogP contribution in [0, 0.1) is 10.1 Å². The summed E-state index contributed by atoms with van der Waals surface area (Å²) in [6.45, 7) is 0. The summed E-state index contributed by atoms with van der Waals surface area (Å²) in [7, 11) is 0. The third-order valence-electron chi connectivity index (χ3n) is 2.88. The second kappa shape index (κ2) is 4.91. The summed E-state index contributed by atoms with van der Waals surface area (Å²) in [6, 6.07) is 6.66. The molecular weight excluding hydrogens is 294 g/mol. The number of benzene rings is 1. The Morgan fingerprint density at radius 1 is 1.19 bits per heavy atom. The number of aromatic nitrogens is 1. The first kappa shape index (κ1) is 13.1. The van der Waals surface area contributed by atoms with Crippen molar-refractivity contribution in [3.05, 3.63) is 57.0 Å². The molecule has 7 nitrogen and oxygen atoms in total. The highest BCUT2D eigenvalue weighted by molar-refractivity contribution is 7.14. The van der Waals surface area contributed by atoms with Gasteiger partial charge in [-0.3, -0.25) is 9.59 Å². The zero-order valence-corrected chi connectivity index (χ0v) is 11.2. The first-order valence-electron chi connectivity index (χ1n) is 5.83. The van der Waals surface area contributed by atoms with E-state index in [1.54, 1.807) is 24.3 Å². The van der Waals surface area contributed by atoms with Crippen molar-refractivity contribution in [2.24, 2.45) is 0 Å². The van der Waals surface area contributed by atoms with E-state index in [-0.39, 0.29) is 10.9 Å². The highest BCUT2D eigenvalue weighted by atomic mass is 32.1. The molecule has 0 spiro atoms. The molecule has 0 saturated carbocycles. The number of carbonyl (C=O) groups excluding carboxylic acids is 2. The molecule has 0 fully saturated rings. The van der Waals surface area contributed by atoms with E-state index in [1.165, 1.54) is 11.5 Å². The summed E-state index contributed by atoms with van der Waals surface area (Å²) >= 11 is 1.05. The summed E-state index contributed by atoms with van der Waals surface area (Å²) in [5.41, 5.74) is 1.28. The van der Waals surface area contributed by atoms with Crippen molar-refractivity contribution in [3.63, 3.8) is 0 Å². The van der Waals surface area contributed by atoms with Gasteiger partial charge in [-0.15, -0.1) is 0 Å². The molecular formula is C13H7N3O4S. The molecule has 0 unspecified atom stereocenters. The third-order valence-corrected chi connectivity index (χ3v) is 3.63. The number of carbonyl (C=O) groups is 2. The molecule has 104 valence electrons. The normalized spacial score (nSPS) is 13.6. The van der Waals surface area contributed by atoms with Crippen molar-refractivity contribution in [2.75, 3.05) is 5.32 Å². The smallest absolute Gasteiger partial charge is 0.358 e. The second-order valence-corrected chi connectivity index (χ2v) is 5.05. The Morgan fingerprint density at radius 3 is 2.57 bits per heavy atom. The van der Waals surface area contributed by atoms with Crippen LogP contribution in [0.3, 0.4) is 0 Å². The number of allylic oxidation sites excluding steroid dienone is 1. The van der Waals surface area contributed by atoms with Crippen molar-refractivity contribution in [3.8, 4) is 0 Å². The van der Waals surface area contributed by atoms with Gasteiger partial charge in [-0.2, -0.15) is 0 Å². The van der Waals surface area contributed by atoms with E-state index in [9.17, 15) is 19.7 Å². The van der Waals surface area contributed by atoms with Crippen LogP contribution in [-0.4, -0.2) is 21.5 Å². The van der Waals surface area contributed by atoms with Crippen LogP contribution in [0.5, 0.6) is 0 Å². The Kier molecular flexibility index (Phi) is 3.07. The molecule has 1 N–H and O–H groups in total. The number of rotatable bonds is 3. The van der Waals surface area contributed by atoms with Gasteiger partial charge in [0.25, 0.3) is 0 Å². The Bertz CT molecular complexity index is 809. The molecule has 1 aromatic carbocycles. The average molecular weight is 301 g/mol. The van der Waals surface area contributed by atoms with Crippen LogP contribution in [0.2, 0.25) is 0 Å². The van der Waals surface area contributed by atoms with Gasteiger partial charge < -0.3 is 15.4 Å². The van der Waals surface area contributed by atoms with Crippen molar-refractivity contribution >= 4 is 39.5 Å². The van der Waals surface area contributed by atoms with Crippen LogP contribution in [0.15, 0.2) is 35.7 Å². The molecule has 1 heterocycles. The fourth-order valence-electron chi connectivity index (χ4n) is 1.95. The minimum Gasteiger partial charge on any atom is -0.358 e. The molecule has 0 radical (unpaired) electrons. The number of Topliss-reactive ketones (excluding diaryl/α,β-unsaturated/α-hetero) is 1. The number of nitro groups is 1. The fourth-order valence-corrected chi connectivity index (χ4v) is 2.62. The van der Waals surface area contributed by atoms with Gasteiger partial charge in [-0.25, -0.2) is 0 Å². The molecule has 0 aliphatic heterocycles. The average Bonchev–Trinajstić information content (AvgIpc) is 2.93. The van der Waals surface area contributed by atoms with Gasteiger partial charge in [0.1, 0.15) is 0 Å². The standard InChI is InChI=1S/C13H7N3O4S/c17-10-5-9(7-3-1-2-4-8(7)12(10)18)14-13-15-11(6-21-13)16(19)20/h1-6H,(H,14,15). The largest absolute Gasteiger partial charge is 0.376 e. The number of fused-ring (bicyclic) bond motifs is 1. The molecule has 0 atom stereocenters. The Morgan fingerprint density at radius 2 is 1.90 bits per heavy atom. The van der Waals surface area contributed by atoms with Crippen molar-refractivity contribution in [1.82, 2.24) is 4.98 Å². The van der Waals surface area contributed by atoms with Crippen LogP contribution < -0.4 is 5.32 Å². The van der Waals surface area contributed by atoms with E-state index in [1.807, 2.05) is 0 Å². The predicted octanol–water partition coefficient (Wildman–Crippen LogP) is 2.27. The summed E-state index contributed by atoms with van der Waals surface area (Å²) in [5.74, 6) is -1.47. The van der Waals surface area contributed by atoms with Crippen molar-refractivity contribution < 1.29 is 14.5 Å². The van der Waals surface area contributed by atoms with Gasteiger partial charge in [0.2, 0.25) is 11.6 Å². The molecule has 1 aliphatic rings. The molecule has 21 heavy (non-hydrogen) atoms. The first-order chi connectivity index (χ1) is 10.1. The molecule has 1 aliphatic carbocycles. The predicted molar refractivity (Wildman–Crippen MR) is 76.1 cm³/mol. The molecule has 2 aromatic rings. The molecule has 1 aromatic heterocycles. The summed E-state index contributed by atoms with van der Waals surface area (Å²) in [5, 5.41) is 15.0. The van der Waals surface area contributed by atoms with Gasteiger partial charge in [0, 0.05) is 17.2 Å². The molecule has 0 amide bonds. The van der Waals surface area contributed by atoms with E-state index in [0.29, 0.717) is 16.8 Å². The van der Waals surface area contributed by atoms with E-state index in [0.717, 1.165) is 11.3 Å². The zero-order valence-electron chi connectivity index (χ0n) is 10.4. The van der Waals surface area contributed by atoms with Gasteiger partial charge >= 0.3 is 10.9 Å². The van der Waals surface area contributed by atoms with Crippen LogP contribution in [0.25, 0.3) is 5.70 Å². The molecule has 0 bridgehead atoms. The summed E-state index contributed by atoms with van der Waals surface area (Å²) in [4.78, 5) is 37.3. The quantitative estimate of drug-likeness (QED) is 0.530. The monoisotopic (exact) mass is 301 g/mol. The zero-order chi connectivity index (χ0) is 15.0. The number of hydrogen-bond acceptors (Lipinski definition) is 7. The Balaban J connectivity index is 1.98. The van der Waals surface area contributed by atoms with Gasteiger partial charge in [0.15, 0.2) is 0 Å². The molecule has 0 saturated heterocycles. The van der Waals surface area contributed by atoms with E-state index >= 15 is 0 Å². The minimum atomic E-state index is -0.637. The maximum Gasteiger partial charge on any atom is 0.376 e. The van der Waals surface area contributed by atoms with Crippen molar-refractivity contribution in [2.45, 2.75) is 0 Å². The van der Waals surface area contributed by atoms with E-state index in [4.69, 9.17) is 0 Å². The lowest BCUT2D eigenvalue weighted by atomic mass is 9.93. The van der Waals surface area contributed by atoms with Gasteiger partial charge in [0.05, 0.1) is 11.1 Å². The lowest BCUT2D eigenvalue weighted by molar-refractivity contribution is -0.389. The highest BCUT2D eigenvalue weighted by Gasteiger charge is 2.26. The van der Waals surface area contributed by atoms with Crippen molar-refractivity contribution in [1.29, 1.82) is 0 Å². The Labute approximate surface area is 122 Å². The van der Waals surface area contributed by atoms with Crippen LogP contribution in [0.4, 0.5) is 10.9 Å². The van der Waals surface area contributed by atoms with E-state index in [2.05, 4.69) is 10.3 Å². The SMILES string of the molecule is O=C1C=C(Nc2nc([N+](=O)[O-])cs2)c2ccccc2C1=O. The van der Waals surface area contributed by atoms with E-state index < -0.39 is 16.5 Å². The van der Waals surface area contributed by atoms with Crippen LogP contribution in [0.1, 0.15) is 15.9 Å². The topological polar surface area (TPSA) is 102 Å². The number of nitrogens with zero attached hydrogens (tertiary/aromatic N) is 2. The number of anilines is 1. The fraction of sp³-hybridized carbons (Fsp3) is 0. The number of ketones is 2. The third kappa shape index (κ3) is 2.32. The summed E-state index contributed by atoms with van der Waals surface area (Å²) in [6.07, 6.45) is 1.18. The highest BCUT2D eigenvalue weighted by Crippen LogP contribution is 2.29. The Hall–Kier alpha value is -2.87. The van der Waals surface area contributed by atoms with Gasteiger partial charge in [-0.05, 0) is 9.91 Å².